The zero-order valence-electron chi connectivity index (χ0n) is 11.9. The zero-order valence-corrected chi connectivity index (χ0v) is 12.7. The number of ether oxygens (including phenoxy) is 1. The van der Waals surface area contributed by atoms with E-state index in [1.807, 2.05) is 13.8 Å². The molecule has 0 radical (unpaired) electrons. The molecule has 20 heavy (non-hydrogen) atoms. The topological polar surface area (TPSA) is 42.4 Å². The smallest absolute Gasteiger partial charge is 0.340 e. The molecule has 1 aromatic heterocycles. The molecule has 3 rings (SSSR count). The highest BCUT2D eigenvalue weighted by molar-refractivity contribution is 6.31. The van der Waals surface area contributed by atoms with Gasteiger partial charge in [-0.2, -0.15) is 0 Å². The van der Waals surface area contributed by atoms with Gasteiger partial charge in [0, 0.05) is 18.8 Å². The van der Waals surface area contributed by atoms with Gasteiger partial charge >= 0.3 is 5.97 Å². The van der Waals surface area contributed by atoms with Gasteiger partial charge in [-0.15, -0.1) is 0 Å². The van der Waals surface area contributed by atoms with E-state index in [1.54, 1.807) is 0 Å². The zero-order chi connectivity index (χ0) is 14.3. The summed E-state index contributed by atoms with van der Waals surface area (Å²) in [5, 5.41) is 0.413. The summed E-state index contributed by atoms with van der Waals surface area (Å²) in [5.41, 5.74) is 3.22. The fourth-order valence-corrected chi connectivity index (χ4v) is 3.56. The van der Waals surface area contributed by atoms with E-state index in [2.05, 4.69) is 9.88 Å². The summed E-state index contributed by atoms with van der Waals surface area (Å²) in [6.45, 7) is 5.82. The normalized spacial score (nSPS) is 22.8. The quantitative estimate of drug-likeness (QED) is 0.620. The first kappa shape index (κ1) is 13.8. The highest BCUT2D eigenvalue weighted by atomic mass is 35.5. The molecule has 0 bridgehead atoms. The predicted molar refractivity (Wildman–Crippen MR) is 76.9 cm³/mol. The van der Waals surface area contributed by atoms with E-state index in [9.17, 15) is 4.79 Å². The number of aryl methyl sites for hydroxylation is 1. The number of rotatable bonds is 2. The highest BCUT2D eigenvalue weighted by Gasteiger charge is 2.40. The molecule has 0 spiro atoms. The molecular formula is C15H19ClN2O2. The van der Waals surface area contributed by atoms with Crippen LogP contribution in [0.5, 0.6) is 0 Å². The van der Waals surface area contributed by atoms with Crippen LogP contribution in [-0.4, -0.2) is 28.9 Å². The molecule has 4 nitrogen and oxygen atoms in total. The van der Waals surface area contributed by atoms with E-state index < -0.39 is 0 Å². The number of esters is 1. The molecule has 5 heteroatoms. The first-order chi connectivity index (χ1) is 9.63. The van der Waals surface area contributed by atoms with Crippen LogP contribution in [-0.2, 0) is 11.2 Å². The third-order valence-corrected chi connectivity index (χ3v) is 4.53. The lowest BCUT2D eigenvalue weighted by Crippen LogP contribution is -2.34. The van der Waals surface area contributed by atoms with Gasteiger partial charge in [-0.05, 0) is 31.7 Å². The minimum atomic E-state index is -0.344. The van der Waals surface area contributed by atoms with Crippen LogP contribution in [0, 0.1) is 6.92 Å². The molecule has 0 aromatic carbocycles. The maximum Gasteiger partial charge on any atom is 0.340 e. The number of carbonyl (C=O) groups is 1. The summed E-state index contributed by atoms with van der Waals surface area (Å²) in [6.07, 6.45) is 3.94. The Kier molecular flexibility index (Phi) is 3.69. The average molecular weight is 295 g/mol. The van der Waals surface area contributed by atoms with Crippen LogP contribution in [0.15, 0.2) is 0 Å². The third kappa shape index (κ3) is 2.11. The number of pyridine rings is 1. The van der Waals surface area contributed by atoms with Crippen molar-refractivity contribution in [3.05, 3.63) is 27.5 Å². The standard InChI is InChI=1S/C15H19ClN2O2/c1-3-10-9(2)17-13(16)12-11(10)15(19)20-14(12)18-7-5-4-6-8-18/h14H,3-8H2,1-2H3. The van der Waals surface area contributed by atoms with Crippen molar-refractivity contribution in [2.45, 2.75) is 45.8 Å². The van der Waals surface area contributed by atoms with E-state index >= 15 is 0 Å². The number of nitrogens with zero attached hydrogens (tertiary/aromatic N) is 2. The molecule has 1 saturated heterocycles. The highest BCUT2D eigenvalue weighted by Crippen LogP contribution is 2.40. The average Bonchev–Trinajstić information content (AvgIpc) is 2.79. The number of piperidine rings is 1. The maximum absolute atomic E-state index is 12.3. The second-order valence-corrected chi connectivity index (χ2v) is 5.82. The van der Waals surface area contributed by atoms with Crippen molar-refractivity contribution in [1.29, 1.82) is 0 Å². The van der Waals surface area contributed by atoms with Gasteiger partial charge in [0.1, 0.15) is 5.15 Å². The number of carbonyl (C=O) groups excluding carboxylic acids is 1. The fraction of sp³-hybridized carbons (Fsp3) is 0.600. The van der Waals surface area contributed by atoms with Crippen molar-refractivity contribution < 1.29 is 9.53 Å². The lowest BCUT2D eigenvalue weighted by molar-refractivity contribution is -0.0301. The van der Waals surface area contributed by atoms with Crippen molar-refractivity contribution in [1.82, 2.24) is 9.88 Å². The summed E-state index contributed by atoms with van der Waals surface area (Å²) in [5.74, 6) is -0.250. The largest absolute Gasteiger partial charge is 0.438 e. The molecule has 0 aliphatic carbocycles. The van der Waals surface area contributed by atoms with E-state index in [-0.39, 0.29) is 12.2 Å². The van der Waals surface area contributed by atoms with Crippen molar-refractivity contribution in [2.24, 2.45) is 0 Å². The monoisotopic (exact) mass is 294 g/mol. The summed E-state index contributed by atoms with van der Waals surface area (Å²) < 4.78 is 5.61. The second-order valence-electron chi connectivity index (χ2n) is 5.46. The molecule has 108 valence electrons. The molecule has 2 aliphatic rings. The number of hydrogen-bond donors (Lipinski definition) is 0. The van der Waals surface area contributed by atoms with E-state index in [1.165, 1.54) is 6.42 Å². The number of hydrogen-bond acceptors (Lipinski definition) is 4. The Labute approximate surface area is 124 Å². The Balaban J connectivity index is 2.07. The number of aromatic nitrogens is 1. The molecule has 0 N–H and O–H groups in total. The van der Waals surface area contributed by atoms with Crippen LogP contribution >= 0.6 is 11.6 Å². The van der Waals surface area contributed by atoms with E-state index in [4.69, 9.17) is 16.3 Å². The summed E-state index contributed by atoms with van der Waals surface area (Å²) in [7, 11) is 0. The molecule has 0 amide bonds. The van der Waals surface area contributed by atoms with Gasteiger partial charge in [-0.1, -0.05) is 24.9 Å². The molecule has 2 aliphatic heterocycles. The molecular weight excluding hydrogens is 276 g/mol. The molecule has 1 aromatic rings. The summed E-state index contributed by atoms with van der Waals surface area (Å²) in [4.78, 5) is 18.9. The predicted octanol–water partition coefficient (Wildman–Crippen LogP) is 3.26. The number of cyclic esters (lactones) is 1. The minimum absolute atomic E-state index is 0.250. The fourth-order valence-electron chi connectivity index (χ4n) is 3.24. The molecule has 1 fully saturated rings. The van der Waals surface area contributed by atoms with Crippen LogP contribution in [0.3, 0.4) is 0 Å². The summed E-state index contributed by atoms with van der Waals surface area (Å²) >= 11 is 6.31. The molecule has 1 atom stereocenters. The molecule has 1 unspecified atom stereocenters. The Bertz CT molecular complexity index is 553. The van der Waals surface area contributed by atoms with Crippen molar-refractivity contribution in [3.8, 4) is 0 Å². The number of halogens is 1. The van der Waals surface area contributed by atoms with Gasteiger partial charge in [0.25, 0.3) is 0 Å². The summed E-state index contributed by atoms with van der Waals surface area (Å²) in [6, 6.07) is 0. The van der Waals surface area contributed by atoms with Gasteiger partial charge in [0.2, 0.25) is 0 Å². The van der Waals surface area contributed by atoms with Gasteiger partial charge in [0.05, 0.1) is 11.1 Å². The van der Waals surface area contributed by atoms with Gasteiger partial charge in [-0.3, -0.25) is 4.90 Å². The lowest BCUT2D eigenvalue weighted by atomic mass is 9.99. The third-order valence-electron chi connectivity index (χ3n) is 4.24. The Morgan fingerprint density at radius 3 is 2.70 bits per heavy atom. The maximum atomic E-state index is 12.3. The molecule has 0 saturated carbocycles. The Morgan fingerprint density at radius 1 is 1.35 bits per heavy atom. The van der Waals surface area contributed by atoms with Crippen LogP contribution in [0.2, 0.25) is 5.15 Å². The van der Waals surface area contributed by atoms with Crippen LogP contribution < -0.4 is 0 Å². The van der Waals surface area contributed by atoms with Crippen molar-refractivity contribution >= 4 is 17.6 Å². The van der Waals surface area contributed by atoms with E-state index in [0.717, 1.165) is 49.2 Å². The number of fused-ring (bicyclic) bond motifs is 1. The first-order valence-electron chi connectivity index (χ1n) is 7.27. The van der Waals surface area contributed by atoms with Gasteiger partial charge in [0.15, 0.2) is 6.23 Å². The molecule has 3 heterocycles. The van der Waals surface area contributed by atoms with Crippen LogP contribution in [0.4, 0.5) is 0 Å². The van der Waals surface area contributed by atoms with Crippen molar-refractivity contribution in [3.63, 3.8) is 0 Å². The Hall–Kier alpha value is -1.13. The van der Waals surface area contributed by atoms with Crippen molar-refractivity contribution in [2.75, 3.05) is 13.1 Å². The second kappa shape index (κ2) is 5.34. The van der Waals surface area contributed by atoms with E-state index in [0.29, 0.717) is 10.7 Å². The van der Waals surface area contributed by atoms with Gasteiger partial charge in [-0.25, -0.2) is 9.78 Å². The van der Waals surface area contributed by atoms with Crippen LogP contribution in [0.25, 0.3) is 0 Å². The first-order valence-corrected chi connectivity index (χ1v) is 7.65. The SMILES string of the molecule is CCc1c(C)nc(Cl)c2c1C(=O)OC2N1CCCCC1. The number of likely N-dealkylation sites (tertiary alicyclic amines) is 1. The lowest BCUT2D eigenvalue weighted by Gasteiger charge is -2.31. The Morgan fingerprint density at radius 2 is 2.05 bits per heavy atom. The van der Waals surface area contributed by atoms with Gasteiger partial charge < -0.3 is 4.74 Å². The van der Waals surface area contributed by atoms with Crippen LogP contribution in [0.1, 0.15) is 59.6 Å². The minimum Gasteiger partial charge on any atom is -0.438 e.